The largest absolute Gasteiger partial charge is 0.488 e. The van der Waals surface area contributed by atoms with Crippen molar-refractivity contribution in [2.75, 3.05) is 26.8 Å². The lowest BCUT2D eigenvalue weighted by molar-refractivity contribution is 0.0545. The Kier molecular flexibility index (Phi) is 7.84. The molecular weight excluding hydrogens is 480 g/mol. The Morgan fingerprint density at radius 3 is 2.81 bits per heavy atom. The van der Waals surface area contributed by atoms with Gasteiger partial charge in [-0.2, -0.15) is 10.4 Å². The van der Waals surface area contributed by atoms with Gasteiger partial charge in [0, 0.05) is 25.1 Å². The third-order valence-corrected chi connectivity index (χ3v) is 6.58. The highest BCUT2D eigenvalue weighted by Gasteiger charge is 2.23. The van der Waals surface area contributed by atoms with Gasteiger partial charge in [0.25, 0.3) is 0 Å². The maximum Gasteiger partial charge on any atom is 0.147 e. The molecule has 4 aromatic rings. The number of piperidine rings is 1. The molecule has 0 aliphatic carbocycles. The van der Waals surface area contributed by atoms with Gasteiger partial charge in [0.05, 0.1) is 23.6 Å². The first-order chi connectivity index (χ1) is 17.1. The van der Waals surface area contributed by atoms with E-state index in [1.807, 2.05) is 42.9 Å². The number of nitrogens with one attached hydrogen (secondary N) is 1. The Morgan fingerprint density at radius 2 is 2.08 bits per heavy atom. The number of aryl methyl sites for hydroxylation is 1. The second-order valence-electron chi connectivity index (χ2n) is 8.75. The van der Waals surface area contributed by atoms with E-state index in [-0.39, 0.29) is 25.1 Å². The van der Waals surface area contributed by atoms with Crippen LogP contribution in [0.25, 0.3) is 16.8 Å². The summed E-state index contributed by atoms with van der Waals surface area (Å²) in [6, 6.07) is 8.32. The van der Waals surface area contributed by atoms with Crippen molar-refractivity contribution in [3.63, 3.8) is 0 Å². The number of methoxy groups -OCH3 is 1. The molecule has 1 unspecified atom stereocenters. The fourth-order valence-corrected chi connectivity index (χ4v) is 4.67. The van der Waals surface area contributed by atoms with Crippen LogP contribution < -0.4 is 10.1 Å². The molecule has 1 aliphatic heterocycles. The van der Waals surface area contributed by atoms with Gasteiger partial charge in [-0.25, -0.2) is 9.20 Å². The molecule has 1 N–H and O–H groups in total. The van der Waals surface area contributed by atoms with E-state index in [9.17, 15) is 5.26 Å². The Morgan fingerprint density at radius 1 is 1.28 bits per heavy atom. The molecule has 0 aromatic carbocycles. The van der Waals surface area contributed by atoms with Crippen molar-refractivity contribution < 1.29 is 9.47 Å². The summed E-state index contributed by atoms with van der Waals surface area (Å²) in [5.41, 5.74) is 5.46. The highest BCUT2D eigenvalue weighted by molar-refractivity contribution is 5.85. The average molecular weight is 509 g/mol. The maximum atomic E-state index is 9.64. The molecule has 5 heterocycles. The zero-order valence-corrected chi connectivity index (χ0v) is 21.3. The molecule has 10 nitrogen and oxygen atoms in total. The van der Waals surface area contributed by atoms with Crippen molar-refractivity contribution in [1.29, 1.82) is 5.26 Å². The number of ether oxygens (including phenoxy) is 2. The highest BCUT2D eigenvalue weighted by Crippen LogP contribution is 2.32. The van der Waals surface area contributed by atoms with Crippen LogP contribution >= 0.6 is 12.4 Å². The first kappa shape index (κ1) is 25.6. The fourth-order valence-electron chi connectivity index (χ4n) is 4.67. The number of halogens is 1. The third-order valence-electron chi connectivity index (χ3n) is 6.58. The summed E-state index contributed by atoms with van der Waals surface area (Å²) in [5.74, 6) is 0.531. The van der Waals surface area contributed by atoms with Crippen molar-refractivity contribution in [2.45, 2.75) is 38.8 Å². The zero-order chi connectivity index (χ0) is 24.4. The van der Waals surface area contributed by atoms with E-state index in [4.69, 9.17) is 9.47 Å². The summed E-state index contributed by atoms with van der Waals surface area (Å²) in [6.45, 7) is 6.21. The monoisotopic (exact) mass is 508 g/mol. The van der Waals surface area contributed by atoms with Crippen LogP contribution in [0, 0.1) is 25.2 Å². The normalized spacial score (nSPS) is 14.8. The highest BCUT2D eigenvalue weighted by atomic mass is 35.5. The molecule has 11 heteroatoms. The van der Waals surface area contributed by atoms with Gasteiger partial charge in [-0.1, -0.05) is 11.3 Å². The minimum absolute atomic E-state index is 0. The van der Waals surface area contributed by atoms with Crippen molar-refractivity contribution in [3.8, 4) is 23.1 Å². The van der Waals surface area contributed by atoms with Crippen LogP contribution in [0.2, 0.25) is 0 Å². The predicted octanol–water partition coefficient (Wildman–Crippen LogP) is 3.59. The summed E-state index contributed by atoms with van der Waals surface area (Å²) >= 11 is 0. The number of rotatable bonds is 7. The molecule has 5 rings (SSSR count). The second-order valence-corrected chi connectivity index (χ2v) is 8.75. The Balaban J connectivity index is 0.00000304. The van der Waals surface area contributed by atoms with Crippen LogP contribution in [-0.4, -0.2) is 56.4 Å². The average Bonchev–Trinajstić information content (AvgIpc) is 3.49. The van der Waals surface area contributed by atoms with Crippen LogP contribution in [0.3, 0.4) is 0 Å². The molecule has 0 spiro atoms. The lowest BCUT2D eigenvalue weighted by Gasteiger charge is -2.23. The number of hydrogen-bond acceptors (Lipinski definition) is 8. The second kappa shape index (κ2) is 11.0. The summed E-state index contributed by atoms with van der Waals surface area (Å²) in [5, 5.41) is 26.4. The molecule has 0 bridgehead atoms. The van der Waals surface area contributed by atoms with Gasteiger partial charge in [0.15, 0.2) is 0 Å². The van der Waals surface area contributed by atoms with Crippen LogP contribution in [0.1, 0.15) is 47.5 Å². The van der Waals surface area contributed by atoms with Crippen LogP contribution in [0.5, 0.6) is 5.75 Å². The number of nitrogens with zero attached hydrogens (tertiary/aromatic N) is 7. The Bertz CT molecular complexity index is 1390. The third kappa shape index (κ3) is 4.78. The molecule has 0 saturated carbocycles. The van der Waals surface area contributed by atoms with E-state index in [2.05, 4.69) is 31.8 Å². The predicted molar refractivity (Wildman–Crippen MR) is 136 cm³/mol. The van der Waals surface area contributed by atoms with Crippen molar-refractivity contribution in [1.82, 2.24) is 34.9 Å². The first-order valence-corrected chi connectivity index (χ1v) is 11.7. The van der Waals surface area contributed by atoms with E-state index in [0.717, 1.165) is 54.1 Å². The number of hydrogen-bond donors (Lipinski definition) is 1. The molecular formula is C25H29ClN8O2. The minimum atomic E-state index is -0.365. The van der Waals surface area contributed by atoms with Gasteiger partial charge in [-0.3, -0.25) is 4.98 Å². The van der Waals surface area contributed by atoms with Crippen LogP contribution in [-0.2, 0) is 4.74 Å². The van der Waals surface area contributed by atoms with Gasteiger partial charge < -0.3 is 14.8 Å². The number of aromatic nitrogens is 6. The van der Waals surface area contributed by atoms with Gasteiger partial charge in [-0.05, 0) is 57.5 Å². The smallest absolute Gasteiger partial charge is 0.147 e. The molecule has 1 atom stereocenters. The van der Waals surface area contributed by atoms with Gasteiger partial charge >= 0.3 is 0 Å². The maximum absolute atomic E-state index is 9.64. The first-order valence-electron chi connectivity index (χ1n) is 11.7. The van der Waals surface area contributed by atoms with E-state index >= 15 is 0 Å². The lowest BCUT2D eigenvalue weighted by Crippen LogP contribution is -2.30. The van der Waals surface area contributed by atoms with Crippen LogP contribution in [0.4, 0.5) is 0 Å². The van der Waals surface area contributed by atoms with E-state index in [1.54, 1.807) is 24.0 Å². The quantitative estimate of drug-likeness (QED) is 0.402. The Hall–Kier alpha value is -3.52. The topological polar surface area (TPSA) is 115 Å². The van der Waals surface area contributed by atoms with E-state index in [1.165, 1.54) is 0 Å². The van der Waals surface area contributed by atoms with Gasteiger partial charge in [-0.15, -0.1) is 17.5 Å². The van der Waals surface area contributed by atoms with E-state index in [0.29, 0.717) is 22.9 Å². The van der Waals surface area contributed by atoms with Crippen LogP contribution in [0.15, 0.2) is 36.8 Å². The fraction of sp³-hybridized carbons (Fsp3) is 0.400. The molecule has 1 saturated heterocycles. The molecule has 0 radical (unpaired) electrons. The summed E-state index contributed by atoms with van der Waals surface area (Å²) in [6.07, 6.45) is 6.83. The lowest BCUT2D eigenvalue weighted by atomic mass is 10.1. The van der Waals surface area contributed by atoms with Crippen molar-refractivity contribution in [3.05, 3.63) is 59.3 Å². The number of fused-ring (bicyclic) bond motifs is 1. The molecule has 1 fully saturated rings. The van der Waals surface area contributed by atoms with Gasteiger partial charge in [0.1, 0.15) is 41.3 Å². The van der Waals surface area contributed by atoms with Crippen molar-refractivity contribution >= 4 is 17.9 Å². The summed E-state index contributed by atoms with van der Waals surface area (Å²) < 4.78 is 15.6. The summed E-state index contributed by atoms with van der Waals surface area (Å²) in [7, 11) is 1.64. The summed E-state index contributed by atoms with van der Waals surface area (Å²) in [4.78, 5) is 4.47. The zero-order valence-electron chi connectivity index (χ0n) is 20.5. The minimum Gasteiger partial charge on any atom is -0.488 e. The molecule has 1 aliphatic rings. The Labute approximate surface area is 215 Å². The number of nitriles is 1. The van der Waals surface area contributed by atoms with E-state index < -0.39 is 0 Å². The molecule has 4 aromatic heterocycles. The molecule has 0 amide bonds. The standard InChI is InChI=1S/C25H28N8O2.ClH/c1-16-5-4-8-28-23(16)22(34-3)15-35-21-11-18(14-32-25(21)19(12-26)13-29-32)24-17(2)33(31-30-24)20-6-9-27-10-7-20;/h4-5,8,11,13-14,20,22,27H,6-7,9-10,15H2,1-3H3;1H. The molecule has 36 heavy (non-hydrogen) atoms. The SMILES string of the molecule is COC(COc1cc(-c2nnn(C3CCNCC3)c2C)cn2ncc(C#N)c12)c1ncccc1C.Cl. The van der Waals surface area contributed by atoms with Gasteiger partial charge in [0.2, 0.25) is 0 Å². The molecule has 188 valence electrons. The number of pyridine rings is 2. The van der Waals surface area contributed by atoms with Crippen molar-refractivity contribution in [2.24, 2.45) is 0 Å².